The molecule has 8 nitrogen and oxygen atoms in total. The molecule has 0 spiro atoms. The summed E-state index contributed by atoms with van der Waals surface area (Å²) >= 11 is 0. The van der Waals surface area contributed by atoms with Crippen LogP contribution in [-0.2, 0) is 23.0 Å². The van der Waals surface area contributed by atoms with E-state index in [0.29, 0.717) is 39.5 Å². The van der Waals surface area contributed by atoms with Crippen LogP contribution in [0.3, 0.4) is 0 Å². The number of furan rings is 1. The molecule has 1 aliphatic carbocycles. The number of benzene rings is 2. The Morgan fingerprint density at radius 1 is 1.13 bits per heavy atom. The third-order valence-corrected chi connectivity index (χ3v) is 9.45. The summed E-state index contributed by atoms with van der Waals surface area (Å²) in [5, 5.41) is 3.27. The molecular weight excluding hydrogens is 514 g/mol. The molecule has 5 rings (SSSR count). The molecule has 0 saturated heterocycles. The minimum Gasteiger partial charge on any atom is -0.497 e. The van der Waals surface area contributed by atoms with Gasteiger partial charge in [-0.3, -0.25) is 9.79 Å². The molecule has 0 amide bonds. The number of carbonyl (C=O) groups excluding carboxylic acids is 1. The molecule has 39 heavy (non-hydrogen) atoms. The van der Waals surface area contributed by atoms with Crippen molar-refractivity contribution in [1.82, 2.24) is 9.62 Å². The molecular formula is C30H35N3O5S. The van der Waals surface area contributed by atoms with E-state index in [4.69, 9.17) is 9.15 Å². The second-order valence-electron chi connectivity index (χ2n) is 10.3. The van der Waals surface area contributed by atoms with Crippen molar-refractivity contribution in [3.63, 3.8) is 0 Å². The van der Waals surface area contributed by atoms with Crippen LogP contribution in [-0.4, -0.2) is 50.6 Å². The van der Waals surface area contributed by atoms with Crippen molar-refractivity contribution in [2.75, 3.05) is 20.2 Å². The lowest BCUT2D eigenvalue weighted by atomic mass is 10.0. The minimum absolute atomic E-state index is 0.00574. The van der Waals surface area contributed by atoms with Crippen molar-refractivity contribution in [3.8, 4) is 5.75 Å². The van der Waals surface area contributed by atoms with Gasteiger partial charge in [0, 0.05) is 24.6 Å². The summed E-state index contributed by atoms with van der Waals surface area (Å²) in [4.78, 5) is 17.6. The first-order valence-corrected chi connectivity index (χ1v) is 14.9. The van der Waals surface area contributed by atoms with E-state index in [-0.39, 0.29) is 18.4 Å². The van der Waals surface area contributed by atoms with Crippen molar-refractivity contribution in [1.29, 1.82) is 0 Å². The molecule has 9 heteroatoms. The highest BCUT2D eigenvalue weighted by Gasteiger charge is 2.40. The number of ether oxygens (including phenoxy) is 1. The quantitative estimate of drug-likeness (QED) is 0.325. The number of aryl methyl sites for hydroxylation is 3. The van der Waals surface area contributed by atoms with Gasteiger partial charge in [-0.2, -0.15) is 4.31 Å². The summed E-state index contributed by atoms with van der Waals surface area (Å²) in [5.41, 5.74) is 4.03. The zero-order valence-electron chi connectivity index (χ0n) is 22.7. The van der Waals surface area contributed by atoms with Crippen molar-refractivity contribution >= 4 is 21.6 Å². The smallest absolute Gasteiger partial charge is 0.244 e. The van der Waals surface area contributed by atoms with Crippen LogP contribution in [0.2, 0.25) is 0 Å². The van der Waals surface area contributed by atoms with E-state index in [1.807, 2.05) is 0 Å². The molecule has 2 heterocycles. The Morgan fingerprint density at radius 3 is 2.46 bits per heavy atom. The average Bonchev–Trinajstić information content (AvgIpc) is 3.38. The molecule has 0 unspecified atom stereocenters. The van der Waals surface area contributed by atoms with Crippen LogP contribution in [0.4, 0.5) is 0 Å². The molecule has 206 valence electrons. The van der Waals surface area contributed by atoms with Gasteiger partial charge in [-0.25, -0.2) is 8.42 Å². The van der Waals surface area contributed by atoms with Gasteiger partial charge in [0.15, 0.2) is 5.78 Å². The number of methoxy groups -OCH3 is 1. The number of hydrogen-bond acceptors (Lipinski definition) is 7. The Balaban J connectivity index is 1.21. The van der Waals surface area contributed by atoms with Gasteiger partial charge >= 0.3 is 0 Å². The number of Topliss-reactive ketones (excluding diaryl/α,β-unsaturated/α-hetero) is 1. The molecule has 3 aromatic rings. The Labute approximate surface area is 230 Å². The summed E-state index contributed by atoms with van der Waals surface area (Å²) in [5.74, 6) is 2.03. The number of hydrogen-bond donors (Lipinski definition) is 1. The van der Waals surface area contributed by atoms with E-state index in [0.717, 1.165) is 50.2 Å². The predicted octanol–water partition coefficient (Wildman–Crippen LogP) is 4.81. The third-order valence-electron chi connectivity index (χ3n) is 7.25. The van der Waals surface area contributed by atoms with Gasteiger partial charge < -0.3 is 14.5 Å². The molecule has 1 fully saturated rings. The van der Waals surface area contributed by atoms with Crippen LogP contribution in [0.5, 0.6) is 5.75 Å². The van der Waals surface area contributed by atoms with Crippen molar-refractivity contribution in [2.45, 2.75) is 63.4 Å². The SMILES string of the molecule is COc1cc(C)c(S(=O)(=O)N(Cc2cc(C(=O)CCCc3ccc(C4=NCCN4)cc3)co2)C2CC2)c(C)c1. The maximum atomic E-state index is 13.7. The molecule has 1 N–H and O–H groups in total. The van der Waals surface area contributed by atoms with Crippen LogP contribution in [0.1, 0.15) is 64.1 Å². The number of sulfonamides is 1. The number of rotatable bonds is 12. The van der Waals surface area contributed by atoms with Crippen LogP contribution in [0.15, 0.2) is 63.0 Å². The van der Waals surface area contributed by atoms with Crippen LogP contribution >= 0.6 is 0 Å². The molecule has 1 saturated carbocycles. The maximum Gasteiger partial charge on any atom is 0.244 e. The Kier molecular flexibility index (Phi) is 7.91. The number of aliphatic imine (C=N–C) groups is 1. The van der Waals surface area contributed by atoms with Crippen molar-refractivity contribution < 1.29 is 22.4 Å². The third kappa shape index (κ3) is 6.09. The summed E-state index contributed by atoms with van der Waals surface area (Å²) in [7, 11) is -2.20. The lowest BCUT2D eigenvalue weighted by Gasteiger charge is -2.23. The van der Waals surface area contributed by atoms with Gasteiger partial charge in [0.2, 0.25) is 10.0 Å². The monoisotopic (exact) mass is 549 g/mol. The topological polar surface area (TPSA) is 101 Å². The van der Waals surface area contributed by atoms with E-state index < -0.39 is 10.0 Å². The van der Waals surface area contributed by atoms with Crippen LogP contribution in [0.25, 0.3) is 0 Å². The van der Waals surface area contributed by atoms with E-state index in [1.54, 1.807) is 39.2 Å². The lowest BCUT2D eigenvalue weighted by molar-refractivity contribution is 0.0979. The molecule has 2 aliphatic rings. The molecule has 1 aromatic heterocycles. The normalized spacial score (nSPS) is 15.3. The van der Waals surface area contributed by atoms with Crippen LogP contribution < -0.4 is 10.1 Å². The summed E-state index contributed by atoms with van der Waals surface area (Å²) in [6.07, 6.45) is 4.98. The molecule has 0 bridgehead atoms. The number of amidine groups is 1. The number of nitrogens with one attached hydrogen (secondary N) is 1. The first-order chi connectivity index (χ1) is 18.8. The standard InChI is InChI=1S/C30H35N3O5S/c1-20-15-26(37-3)16-21(2)29(20)39(35,36)33(25-11-12-25)18-27-17-24(19-38-27)28(34)6-4-5-22-7-9-23(10-8-22)30-31-13-14-32-30/h7-10,15-17,19,25H,4-6,11-14,18H2,1-3H3,(H,31,32). The largest absolute Gasteiger partial charge is 0.497 e. The van der Waals surface area contributed by atoms with Crippen molar-refractivity contribution in [2.24, 2.45) is 4.99 Å². The minimum atomic E-state index is -3.77. The fourth-order valence-corrected chi connectivity index (χ4v) is 7.17. The molecule has 0 radical (unpaired) electrons. The summed E-state index contributed by atoms with van der Waals surface area (Å²) in [6, 6.07) is 13.4. The van der Waals surface area contributed by atoms with E-state index in [9.17, 15) is 13.2 Å². The molecule has 1 aliphatic heterocycles. The predicted molar refractivity (Wildman–Crippen MR) is 150 cm³/mol. The first-order valence-electron chi connectivity index (χ1n) is 13.4. The molecule has 2 aromatic carbocycles. The van der Waals surface area contributed by atoms with Gasteiger partial charge in [0.1, 0.15) is 23.6 Å². The van der Waals surface area contributed by atoms with E-state index in [2.05, 4.69) is 34.6 Å². The van der Waals surface area contributed by atoms with Gasteiger partial charge in [0.25, 0.3) is 0 Å². The summed E-state index contributed by atoms with van der Waals surface area (Å²) in [6.45, 7) is 5.36. The second kappa shape index (κ2) is 11.4. The van der Waals surface area contributed by atoms with Gasteiger partial charge in [-0.15, -0.1) is 0 Å². The van der Waals surface area contributed by atoms with Crippen LogP contribution in [0, 0.1) is 13.8 Å². The fraction of sp³-hybridized carbons (Fsp3) is 0.400. The van der Waals surface area contributed by atoms with E-state index in [1.165, 1.54) is 16.1 Å². The Hall–Kier alpha value is -3.43. The van der Waals surface area contributed by atoms with Gasteiger partial charge in [-0.1, -0.05) is 24.3 Å². The second-order valence-corrected chi connectivity index (χ2v) is 12.1. The fourth-order valence-electron chi connectivity index (χ4n) is 5.11. The average molecular weight is 550 g/mol. The van der Waals surface area contributed by atoms with Gasteiger partial charge in [-0.05, 0) is 74.4 Å². The summed E-state index contributed by atoms with van der Waals surface area (Å²) < 4.78 is 40.0. The Morgan fingerprint density at radius 2 is 1.85 bits per heavy atom. The highest BCUT2D eigenvalue weighted by molar-refractivity contribution is 7.89. The number of ketones is 1. The van der Waals surface area contributed by atoms with Crippen molar-refractivity contribution in [3.05, 3.63) is 82.3 Å². The van der Waals surface area contributed by atoms with Gasteiger partial charge in [0.05, 0.1) is 30.7 Å². The molecule has 0 atom stereocenters. The number of nitrogens with zero attached hydrogens (tertiary/aromatic N) is 2. The van der Waals surface area contributed by atoms with E-state index >= 15 is 0 Å². The zero-order chi connectivity index (χ0) is 27.6. The number of carbonyl (C=O) groups is 1. The first kappa shape index (κ1) is 27.1. The highest BCUT2D eigenvalue weighted by Crippen LogP contribution is 2.36. The zero-order valence-corrected chi connectivity index (χ0v) is 23.5. The Bertz CT molecular complexity index is 1460. The lowest BCUT2D eigenvalue weighted by Crippen LogP contribution is -2.33. The highest BCUT2D eigenvalue weighted by atomic mass is 32.2. The maximum absolute atomic E-state index is 13.7.